The van der Waals surface area contributed by atoms with Crippen LogP contribution in [0.1, 0.15) is 17.2 Å². The van der Waals surface area contributed by atoms with Crippen LogP contribution in [-0.4, -0.2) is 12.8 Å². The van der Waals surface area contributed by atoms with E-state index >= 15 is 0 Å². The average Bonchev–Trinajstić information content (AvgIpc) is 2.26. The molecule has 1 atom stereocenters. The third-order valence-corrected chi connectivity index (χ3v) is 2.45. The summed E-state index contributed by atoms with van der Waals surface area (Å²) in [5.74, 6) is 0. The Morgan fingerprint density at radius 2 is 2.29 bits per heavy atom. The van der Waals surface area contributed by atoms with E-state index in [-0.39, 0.29) is 12.6 Å². The van der Waals surface area contributed by atoms with Gasteiger partial charge in [-0.25, -0.2) is 0 Å². The van der Waals surface area contributed by atoms with E-state index in [2.05, 4.69) is 29.6 Å². The Morgan fingerprint density at radius 3 is 3.14 bits per heavy atom. The molecule has 1 N–H and O–H groups in total. The average molecular weight is 186 g/mol. The summed E-state index contributed by atoms with van der Waals surface area (Å²) in [7, 11) is 0. The van der Waals surface area contributed by atoms with Crippen molar-refractivity contribution in [3.8, 4) is 0 Å². The van der Waals surface area contributed by atoms with Crippen LogP contribution in [0.4, 0.5) is 0 Å². The highest BCUT2D eigenvalue weighted by atomic mass is 16.1. The first-order valence-corrected chi connectivity index (χ1v) is 4.74. The number of benzene rings is 1. The van der Waals surface area contributed by atoms with Crippen molar-refractivity contribution in [2.75, 3.05) is 6.54 Å². The lowest BCUT2D eigenvalue weighted by Crippen LogP contribution is -2.24. The molecule has 1 aliphatic rings. The van der Waals surface area contributed by atoms with Crippen LogP contribution >= 0.6 is 0 Å². The first-order chi connectivity index (χ1) is 6.92. The van der Waals surface area contributed by atoms with Crippen LogP contribution in [-0.2, 0) is 11.2 Å². The number of carbonyl (C=O) groups excluding carboxylic acids is 1. The molecule has 1 unspecified atom stereocenters. The summed E-state index contributed by atoms with van der Waals surface area (Å²) >= 11 is 0. The van der Waals surface area contributed by atoms with Gasteiger partial charge in [0.25, 0.3) is 0 Å². The van der Waals surface area contributed by atoms with E-state index in [1.54, 1.807) is 0 Å². The molecule has 1 aliphatic carbocycles. The Balaban J connectivity index is 2.22. The van der Waals surface area contributed by atoms with E-state index in [0.29, 0.717) is 0 Å². The molecular weight excluding hydrogens is 174 g/mol. The molecule has 14 heavy (non-hydrogen) atoms. The Morgan fingerprint density at radius 1 is 1.43 bits per heavy atom. The maximum Gasteiger partial charge on any atom is 0.213 e. The third-order valence-electron chi connectivity index (χ3n) is 2.45. The molecule has 2 nitrogen and oxygen atoms in total. The van der Waals surface area contributed by atoms with E-state index < -0.39 is 0 Å². The molecule has 1 aromatic rings. The first-order valence-electron chi connectivity index (χ1n) is 4.74. The molecule has 0 heterocycles. The molecule has 71 valence electrons. The second kappa shape index (κ2) is 4.20. The molecule has 0 spiro atoms. The van der Waals surface area contributed by atoms with Crippen molar-refractivity contribution in [1.82, 2.24) is 5.32 Å². The summed E-state index contributed by atoms with van der Waals surface area (Å²) in [6, 6.07) is 8.46. The number of hydrogen-bond donors (Lipinski definition) is 1. The maximum atomic E-state index is 10.1. The van der Waals surface area contributed by atoms with Crippen LogP contribution in [0.3, 0.4) is 0 Å². The van der Waals surface area contributed by atoms with Crippen molar-refractivity contribution >= 4 is 6.29 Å². The van der Waals surface area contributed by atoms with Crippen LogP contribution in [0, 0.1) is 0 Å². The molecular formula is C12H12NO. The van der Waals surface area contributed by atoms with Crippen molar-refractivity contribution in [2.24, 2.45) is 0 Å². The van der Waals surface area contributed by atoms with Gasteiger partial charge in [-0.1, -0.05) is 36.4 Å². The Hall–Kier alpha value is -1.41. The zero-order valence-electron chi connectivity index (χ0n) is 7.86. The third kappa shape index (κ3) is 1.75. The van der Waals surface area contributed by atoms with Crippen LogP contribution in [0.15, 0.2) is 36.4 Å². The molecule has 0 saturated heterocycles. The summed E-state index contributed by atoms with van der Waals surface area (Å²) in [6.45, 7) is 0.281. The van der Waals surface area contributed by atoms with Gasteiger partial charge in [0.05, 0.1) is 12.6 Å². The number of rotatable bonds is 3. The predicted molar refractivity (Wildman–Crippen MR) is 55.7 cm³/mol. The van der Waals surface area contributed by atoms with Gasteiger partial charge in [0.15, 0.2) is 0 Å². The van der Waals surface area contributed by atoms with E-state index in [4.69, 9.17) is 0 Å². The number of fused-ring (bicyclic) bond motifs is 1. The minimum absolute atomic E-state index is 0.168. The SMILES string of the molecule is O=[C]CNC1C=CCc2ccccc21. The summed E-state index contributed by atoms with van der Waals surface area (Å²) in [4.78, 5) is 10.1. The molecule has 0 aromatic heterocycles. The monoisotopic (exact) mass is 186 g/mol. The van der Waals surface area contributed by atoms with Gasteiger partial charge in [0.1, 0.15) is 0 Å². The standard InChI is InChI=1S/C12H12NO/c14-9-8-13-12-7-3-5-10-4-1-2-6-11(10)12/h1-4,6-7,12-13H,5,8H2. The molecule has 1 aromatic carbocycles. The summed E-state index contributed by atoms with van der Waals surface area (Å²) in [5, 5.41) is 3.12. The minimum atomic E-state index is 0.168. The lowest BCUT2D eigenvalue weighted by molar-refractivity contribution is 0.542. The fraction of sp³-hybridized carbons (Fsp3) is 0.250. The fourth-order valence-electron chi connectivity index (χ4n) is 1.79. The van der Waals surface area contributed by atoms with Gasteiger partial charge in [0.2, 0.25) is 6.29 Å². The van der Waals surface area contributed by atoms with Crippen LogP contribution < -0.4 is 5.32 Å². The highest BCUT2D eigenvalue weighted by Gasteiger charge is 2.13. The largest absolute Gasteiger partial charge is 0.299 e. The quantitative estimate of drug-likeness (QED) is 0.725. The van der Waals surface area contributed by atoms with Gasteiger partial charge in [-0.2, -0.15) is 0 Å². The van der Waals surface area contributed by atoms with Crippen LogP contribution in [0.5, 0.6) is 0 Å². The normalized spacial score (nSPS) is 19.0. The minimum Gasteiger partial charge on any atom is -0.299 e. The highest BCUT2D eigenvalue weighted by Crippen LogP contribution is 2.23. The number of nitrogens with one attached hydrogen (secondary N) is 1. The van der Waals surface area contributed by atoms with E-state index in [1.165, 1.54) is 11.1 Å². The molecule has 0 aliphatic heterocycles. The van der Waals surface area contributed by atoms with E-state index in [1.807, 2.05) is 18.4 Å². The molecule has 0 amide bonds. The zero-order valence-corrected chi connectivity index (χ0v) is 7.86. The van der Waals surface area contributed by atoms with Crippen LogP contribution in [0.25, 0.3) is 0 Å². The zero-order chi connectivity index (χ0) is 9.80. The smallest absolute Gasteiger partial charge is 0.213 e. The van der Waals surface area contributed by atoms with E-state index in [9.17, 15) is 4.79 Å². The Kier molecular flexibility index (Phi) is 2.75. The molecule has 0 bridgehead atoms. The Bertz CT molecular complexity index is 357. The van der Waals surface area contributed by atoms with Gasteiger partial charge >= 0.3 is 0 Å². The fourth-order valence-corrected chi connectivity index (χ4v) is 1.79. The first kappa shape index (κ1) is 9.16. The van der Waals surface area contributed by atoms with Gasteiger partial charge in [-0.15, -0.1) is 0 Å². The van der Waals surface area contributed by atoms with Crippen LogP contribution in [0.2, 0.25) is 0 Å². The second-order valence-corrected chi connectivity index (χ2v) is 3.33. The molecule has 0 saturated carbocycles. The van der Waals surface area contributed by atoms with Gasteiger partial charge in [-0.05, 0) is 17.5 Å². The molecule has 2 rings (SSSR count). The summed E-state index contributed by atoms with van der Waals surface area (Å²) in [5.41, 5.74) is 2.60. The van der Waals surface area contributed by atoms with Crippen molar-refractivity contribution < 1.29 is 4.79 Å². The summed E-state index contributed by atoms with van der Waals surface area (Å²) in [6.07, 6.45) is 7.06. The van der Waals surface area contributed by atoms with Crippen molar-refractivity contribution in [3.05, 3.63) is 47.5 Å². The number of allylic oxidation sites excluding steroid dienone is 1. The second-order valence-electron chi connectivity index (χ2n) is 3.33. The predicted octanol–water partition coefficient (Wildman–Crippen LogP) is 1.54. The van der Waals surface area contributed by atoms with Gasteiger partial charge in [0, 0.05) is 0 Å². The number of hydrogen-bond acceptors (Lipinski definition) is 2. The Labute approximate surface area is 83.6 Å². The lowest BCUT2D eigenvalue weighted by atomic mass is 9.93. The highest BCUT2D eigenvalue weighted by molar-refractivity contribution is 5.53. The maximum absolute atomic E-state index is 10.1. The topological polar surface area (TPSA) is 29.1 Å². The van der Waals surface area contributed by atoms with E-state index in [0.717, 1.165) is 6.42 Å². The van der Waals surface area contributed by atoms with Crippen molar-refractivity contribution in [1.29, 1.82) is 0 Å². The molecule has 0 fully saturated rings. The molecule has 2 heteroatoms. The van der Waals surface area contributed by atoms with Gasteiger partial charge in [-0.3, -0.25) is 10.1 Å². The van der Waals surface area contributed by atoms with Crippen molar-refractivity contribution in [2.45, 2.75) is 12.5 Å². The summed E-state index contributed by atoms with van der Waals surface area (Å²) < 4.78 is 0. The molecule has 1 radical (unpaired) electrons. The van der Waals surface area contributed by atoms with Crippen molar-refractivity contribution in [3.63, 3.8) is 0 Å². The van der Waals surface area contributed by atoms with Gasteiger partial charge < -0.3 is 0 Å². The lowest BCUT2D eigenvalue weighted by Gasteiger charge is -2.20.